The highest BCUT2D eigenvalue weighted by molar-refractivity contribution is 7.07. The van der Waals surface area contributed by atoms with E-state index < -0.39 is 0 Å². The lowest BCUT2D eigenvalue weighted by Crippen LogP contribution is -2.43. The Bertz CT molecular complexity index is 390. The van der Waals surface area contributed by atoms with Crippen LogP contribution in [0.1, 0.15) is 24.8 Å². The molecule has 1 aliphatic carbocycles. The summed E-state index contributed by atoms with van der Waals surface area (Å²) in [4.78, 5) is 12.1. The summed E-state index contributed by atoms with van der Waals surface area (Å²) in [7, 11) is 0. The third kappa shape index (κ3) is 2.24. The molecule has 2 fully saturated rings. The molecule has 1 aliphatic heterocycles. The van der Waals surface area contributed by atoms with Crippen LogP contribution in [0.3, 0.4) is 0 Å². The van der Waals surface area contributed by atoms with Crippen molar-refractivity contribution in [2.45, 2.75) is 31.8 Å². The number of fused-ring (bicyclic) bond motifs is 1. The van der Waals surface area contributed by atoms with Gasteiger partial charge in [0.25, 0.3) is 0 Å². The second kappa shape index (κ2) is 4.78. The predicted octanol–water partition coefficient (Wildman–Crippen LogP) is 1.75. The Morgan fingerprint density at radius 3 is 3.29 bits per heavy atom. The molecule has 3 nitrogen and oxygen atoms in total. The molecule has 0 spiro atoms. The van der Waals surface area contributed by atoms with E-state index in [9.17, 15) is 4.79 Å². The van der Waals surface area contributed by atoms with Gasteiger partial charge in [-0.3, -0.25) is 4.79 Å². The number of carbonyl (C=O) groups is 1. The van der Waals surface area contributed by atoms with Crippen molar-refractivity contribution in [3.05, 3.63) is 22.4 Å². The minimum Gasteiger partial charge on any atom is -0.351 e. The van der Waals surface area contributed by atoms with Crippen molar-refractivity contribution in [3.63, 3.8) is 0 Å². The molecule has 2 heterocycles. The van der Waals surface area contributed by atoms with E-state index in [0.29, 0.717) is 12.5 Å². The lowest BCUT2D eigenvalue weighted by Gasteiger charge is -2.17. The molecule has 3 unspecified atom stereocenters. The molecule has 1 aromatic rings. The zero-order chi connectivity index (χ0) is 11.7. The first-order chi connectivity index (χ1) is 8.34. The van der Waals surface area contributed by atoms with Gasteiger partial charge in [0.1, 0.15) is 0 Å². The van der Waals surface area contributed by atoms with E-state index in [0.717, 1.165) is 12.5 Å². The van der Waals surface area contributed by atoms with E-state index in [4.69, 9.17) is 0 Å². The Hall–Kier alpha value is -0.870. The van der Waals surface area contributed by atoms with Crippen LogP contribution in [0.15, 0.2) is 16.8 Å². The maximum atomic E-state index is 12.1. The molecule has 0 bridgehead atoms. The van der Waals surface area contributed by atoms with Gasteiger partial charge in [-0.1, -0.05) is 6.42 Å². The van der Waals surface area contributed by atoms with Crippen molar-refractivity contribution in [2.75, 3.05) is 6.54 Å². The van der Waals surface area contributed by atoms with Crippen LogP contribution < -0.4 is 10.6 Å². The molecule has 3 rings (SSSR count). The van der Waals surface area contributed by atoms with Crippen molar-refractivity contribution >= 4 is 17.2 Å². The van der Waals surface area contributed by atoms with Gasteiger partial charge in [-0.25, -0.2) is 0 Å². The average molecular weight is 250 g/mol. The number of hydrogen-bond donors (Lipinski definition) is 2. The molecule has 4 heteroatoms. The summed E-state index contributed by atoms with van der Waals surface area (Å²) < 4.78 is 0. The van der Waals surface area contributed by atoms with Crippen LogP contribution in [-0.4, -0.2) is 18.5 Å². The summed E-state index contributed by atoms with van der Waals surface area (Å²) in [5, 5.41) is 10.6. The van der Waals surface area contributed by atoms with Crippen molar-refractivity contribution in [3.8, 4) is 0 Å². The lowest BCUT2D eigenvalue weighted by atomic mass is 9.93. The highest BCUT2D eigenvalue weighted by atomic mass is 32.1. The topological polar surface area (TPSA) is 41.1 Å². The van der Waals surface area contributed by atoms with Gasteiger partial charge in [0, 0.05) is 6.54 Å². The van der Waals surface area contributed by atoms with Gasteiger partial charge >= 0.3 is 0 Å². The van der Waals surface area contributed by atoms with Gasteiger partial charge in [-0.15, -0.1) is 0 Å². The second-order valence-corrected chi connectivity index (χ2v) is 5.87. The van der Waals surface area contributed by atoms with Crippen LogP contribution in [0.5, 0.6) is 0 Å². The predicted molar refractivity (Wildman–Crippen MR) is 68.8 cm³/mol. The fourth-order valence-electron chi connectivity index (χ4n) is 3.17. The number of thiophene rings is 1. The van der Waals surface area contributed by atoms with Gasteiger partial charge < -0.3 is 10.6 Å². The van der Waals surface area contributed by atoms with Crippen LogP contribution in [0, 0.1) is 11.8 Å². The zero-order valence-corrected chi connectivity index (χ0v) is 10.6. The van der Waals surface area contributed by atoms with Crippen molar-refractivity contribution in [1.29, 1.82) is 0 Å². The fraction of sp³-hybridized carbons (Fsp3) is 0.615. The highest BCUT2D eigenvalue weighted by Crippen LogP contribution is 2.37. The molecule has 2 aliphatic rings. The smallest absolute Gasteiger partial charge is 0.237 e. The SMILES string of the molecule is O=C(NCc1ccsc1)C1NCC2CCCC21. The van der Waals surface area contributed by atoms with Crippen molar-refractivity contribution < 1.29 is 4.79 Å². The Morgan fingerprint density at radius 2 is 2.47 bits per heavy atom. The summed E-state index contributed by atoms with van der Waals surface area (Å²) in [6.07, 6.45) is 3.81. The number of rotatable bonds is 3. The minimum atomic E-state index is 0.0566. The molecular weight excluding hydrogens is 232 g/mol. The highest BCUT2D eigenvalue weighted by Gasteiger charge is 2.42. The molecule has 92 valence electrons. The Kier molecular flexibility index (Phi) is 3.16. The van der Waals surface area contributed by atoms with E-state index in [-0.39, 0.29) is 11.9 Å². The number of carbonyl (C=O) groups excluding carboxylic acids is 1. The van der Waals surface area contributed by atoms with Gasteiger partial charge in [-0.05, 0) is 53.6 Å². The summed E-state index contributed by atoms with van der Waals surface area (Å²) in [6, 6.07) is 2.12. The van der Waals surface area contributed by atoms with E-state index in [1.807, 2.05) is 5.38 Å². The van der Waals surface area contributed by atoms with Crippen LogP contribution in [-0.2, 0) is 11.3 Å². The zero-order valence-electron chi connectivity index (χ0n) is 9.82. The summed E-state index contributed by atoms with van der Waals surface area (Å²) in [6.45, 7) is 1.69. The molecule has 1 saturated heterocycles. The molecule has 3 atom stereocenters. The molecule has 1 saturated carbocycles. The summed E-state index contributed by atoms with van der Waals surface area (Å²) >= 11 is 1.67. The first-order valence-electron chi connectivity index (χ1n) is 6.37. The Morgan fingerprint density at radius 1 is 1.53 bits per heavy atom. The second-order valence-electron chi connectivity index (χ2n) is 5.09. The third-order valence-electron chi connectivity index (χ3n) is 4.08. The maximum Gasteiger partial charge on any atom is 0.237 e. The summed E-state index contributed by atoms with van der Waals surface area (Å²) in [5.74, 6) is 1.51. The quantitative estimate of drug-likeness (QED) is 0.858. The standard InChI is InChI=1S/C13H18N2OS/c16-13(15-6-9-4-5-17-8-9)12-11-3-1-2-10(11)7-14-12/h4-5,8,10-12,14H,1-3,6-7H2,(H,15,16). The maximum absolute atomic E-state index is 12.1. The molecule has 2 N–H and O–H groups in total. The molecule has 0 aromatic carbocycles. The summed E-state index contributed by atoms with van der Waals surface area (Å²) in [5.41, 5.74) is 1.20. The third-order valence-corrected chi connectivity index (χ3v) is 4.81. The van der Waals surface area contributed by atoms with Crippen LogP contribution in [0.25, 0.3) is 0 Å². The van der Waals surface area contributed by atoms with Crippen LogP contribution in [0.2, 0.25) is 0 Å². The number of nitrogens with one attached hydrogen (secondary N) is 2. The van der Waals surface area contributed by atoms with E-state index in [1.54, 1.807) is 11.3 Å². The minimum absolute atomic E-state index is 0.0566. The van der Waals surface area contributed by atoms with Crippen molar-refractivity contribution in [1.82, 2.24) is 10.6 Å². The first kappa shape index (κ1) is 11.2. The van der Waals surface area contributed by atoms with Gasteiger partial charge in [0.2, 0.25) is 5.91 Å². The van der Waals surface area contributed by atoms with E-state index >= 15 is 0 Å². The molecule has 0 radical (unpaired) electrons. The van der Waals surface area contributed by atoms with E-state index in [1.165, 1.54) is 24.8 Å². The largest absolute Gasteiger partial charge is 0.351 e. The van der Waals surface area contributed by atoms with E-state index in [2.05, 4.69) is 22.1 Å². The number of hydrogen-bond acceptors (Lipinski definition) is 3. The Labute approximate surface area is 106 Å². The fourth-order valence-corrected chi connectivity index (χ4v) is 3.84. The Balaban J connectivity index is 1.55. The van der Waals surface area contributed by atoms with Gasteiger partial charge in [0.05, 0.1) is 6.04 Å². The normalized spacial score (nSPS) is 31.4. The number of amides is 1. The molecule has 17 heavy (non-hydrogen) atoms. The van der Waals surface area contributed by atoms with Crippen LogP contribution in [0.4, 0.5) is 0 Å². The van der Waals surface area contributed by atoms with Gasteiger partial charge in [0.15, 0.2) is 0 Å². The van der Waals surface area contributed by atoms with Crippen LogP contribution >= 0.6 is 11.3 Å². The van der Waals surface area contributed by atoms with Gasteiger partial charge in [-0.2, -0.15) is 11.3 Å². The molecular formula is C13H18N2OS. The van der Waals surface area contributed by atoms with Crippen molar-refractivity contribution in [2.24, 2.45) is 11.8 Å². The first-order valence-corrected chi connectivity index (χ1v) is 7.31. The molecule has 1 aromatic heterocycles. The average Bonchev–Trinajstić information content (AvgIpc) is 3.02. The monoisotopic (exact) mass is 250 g/mol. The lowest BCUT2D eigenvalue weighted by molar-refractivity contribution is -0.123. The molecule has 1 amide bonds.